The Hall–Kier alpha value is -2.38. The Morgan fingerprint density at radius 1 is 0.917 bits per heavy atom. The molecule has 1 aliphatic rings. The fourth-order valence-corrected chi connectivity index (χ4v) is 6.44. The zero-order valence-electron chi connectivity index (χ0n) is 22.1. The summed E-state index contributed by atoms with van der Waals surface area (Å²) in [7, 11) is -1.97. The summed E-state index contributed by atoms with van der Waals surface area (Å²) in [6.45, 7) is 5.08. The first-order valence-electron chi connectivity index (χ1n) is 13.4. The Kier molecular flexibility index (Phi) is 10.8. The summed E-state index contributed by atoms with van der Waals surface area (Å²) in [6.07, 6.45) is 10.8. The van der Waals surface area contributed by atoms with Gasteiger partial charge in [0.25, 0.3) is 10.0 Å². The maximum absolute atomic E-state index is 13.4. The zero-order chi connectivity index (χ0) is 26.0. The molecule has 198 valence electrons. The number of carbonyl (C=O) groups excluding carboxylic acids is 1. The minimum Gasteiger partial charge on any atom is -0.466 e. The number of benzene rings is 2. The molecule has 0 amide bonds. The van der Waals surface area contributed by atoms with Gasteiger partial charge in [0.05, 0.1) is 23.2 Å². The molecule has 0 aliphatic carbocycles. The lowest BCUT2D eigenvalue weighted by molar-refractivity contribution is -0.143. The van der Waals surface area contributed by atoms with E-state index in [1.807, 2.05) is 50.2 Å². The smallest absolute Gasteiger partial charge is 0.305 e. The first-order chi connectivity index (χ1) is 17.4. The summed E-state index contributed by atoms with van der Waals surface area (Å²) in [5.41, 5.74) is 3.48. The van der Waals surface area contributed by atoms with Crippen molar-refractivity contribution in [1.29, 1.82) is 0 Å². The second kappa shape index (κ2) is 13.8. The third-order valence-corrected chi connectivity index (χ3v) is 8.74. The van der Waals surface area contributed by atoms with E-state index >= 15 is 0 Å². The second-order valence-corrected chi connectivity index (χ2v) is 11.6. The molecule has 1 unspecified atom stereocenters. The van der Waals surface area contributed by atoms with Gasteiger partial charge >= 0.3 is 5.97 Å². The predicted molar refractivity (Wildman–Crippen MR) is 146 cm³/mol. The molecule has 7 heteroatoms. The number of para-hydroxylation sites is 1. The standard InChI is InChI=1S/C29H42N2O4S/c1-4-35-28(32)18-12-10-8-6-5-7-9-11-15-21-30-29-24-16-13-14-17-26(24)31(3)36(33,34)27-22-23(2)19-20-25(27)29/h13-14,16-17,19-20,22,29-30H,4-12,15,18,21H2,1-3H3. The lowest BCUT2D eigenvalue weighted by Crippen LogP contribution is -2.26. The van der Waals surface area contributed by atoms with Gasteiger partial charge in [-0.05, 0) is 62.1 Å². The molecule has 0 saturated heterocycles. The molecule has 36 heavy (non-hydrogen) atoms. The number of carbonyl (C=O) groups is 1. The first-order valence-corrected chi connectivity index (χ1v) is 14.9. The third-order valence-electron chi connectivity index (χ3n) is 6.92. The van der Waals surface area contributed by atoms with Crippen molar-refractivity contribution in [2.24, 2.45) is 0 Å². The molecular formula is C29H42N2O4S. The van der Waals surface area contributed by atoms with Crippen molar-refractivity contribution < 1.29 is 17.9 Å². The van der Waals surface area contributed by atoms with E-state index < -0.39 is 10.0 Å². The van der Waals surface area contributed by atoms with Crippen molar-refractivity contribution in [2.45, 2.75) is 89.0 Å². The molecule has 0 saturated carbocycles. The van der Waals surface area contributed by atoms with E-state index in [2.05, 4.69) is 5.32 Å². The van der Waals surface area contributed by atoms with E-state index in [1.54, 1.807) is 13.1 Å². The number of esters is 1. The Morgan fingerprint density at radius 2 is 1.56 bits per heavy atom. The van der Waals surface area contributed by atoms with Gasteiger partial charge in [-0.2, -0.15) is 0 Å². The van der Waals surface area contributed by atoms with E-state index in [0.29, 0.717) is 17.9 Å². The summed E-state index contributed by atoms with van der Waals surface area (Å²) in [4.78, 5) is 11.7. The highest BCUT2D eigenvalue weighted by Gasteiger charge is 2.34. The summed E-state index contributed by atoms with van der Waals surface area (Å²) >= 11 is 0. The lowest BCUT2D eigenvalue weighted by atomic mass is 9.96. The number of unbranched alkanes of at least 4 members (excludes halogenated alkanes) is 8. The van der Waals surface area contributed by atoms with Crippen LogP contribution in [0.25, 0.3) is 0 Å². The van der Waals surface area contributed by atoms with Crippen LogP contribution in [0.4, 0.5) is 5.69 Å². The van der Waals surface area contributed by atoms with Gasteiger partial charge in [0, 0.05) is 13.5 Å². The van der Waals surface area contributed by atoms with Gasteiger partial charge in [-0.3, -0.25) is 9.10 Å². The first kappa shape index (κ1) is 28.2. The number of ether oxygens (including phenoxy) is 1. The van der Waals surface area contributed by atoms with Gasteiger partial charge in [-0.25, -0.2) is 8.42 Å². The van der Waals surface area contributed by atoms with Crippen LogP contribution in [-0.2, 0) is 19.6 Å². The number of nitrogens with zero attached hydrogens (tertiary/aromatic N) is 1. The highest BCUT2D eigenvalue weighted by Crippen LogP contribution is 2.40. The van der Waals surface area contributed by atoms with Gasteiger partial charge in [0.2, 0.25) is 0 Å². The largest absolute Gasteiger partial charge is 0.466 e. The molecule has 3 rings (SSSR count). The average Bonchev–Trinajstić information content (AvgIpc) is 2.92. The minimum atomic E-state index is -3.62. The molecule has 0 bridgehead atoms. The zero-order valence-corrected chi connectivity index (χ0v) is 22.9. The number of hydrogen-bond acceptors (Lipinski definition) is 5. The molecule has 6 nitrogen and oxygen atoms in total. The summed E-state index contributed by atoms with van der Waals surface area (Å²) < 4.78 is 33.1. The molecule has 0 fully saturated rings. The van der Waals surface area contributed by atoms with Crippen LogP contribution in [0.1, 0.15) is 93.9 Å². The van der Waals surface area contributed by atoms with E-state index in [0.717, 1.165) is 54.6 Å². The van der Waals surface area contributed by atoms with Crippen molar-refractivity contribution in [3.05, 3.63) is 59.2 Å². The van der Waals surface area contributed by atoms with Gasteiger partial charge in [0.1, 0.15) is 0 Å². The van der Waals surface area contributed by atoms with Crippen LogP contribution in [0.3, 0.4) is 0 Å². The highest BCUT2D eigenvalue weighted by molar-refractivity contribution is 7.92. The number of anilines is 1. The SMILES string of the molecule is CCOC(=O)CCCCCCCCCCCNC1c2ccccc2N(C)S(=O)(=O)c2cc(C)ccc21. The van der Waals surface area contributed by atoms with Crippen LogP contribution in [-0.4, -0.2) is 34.6 Å². The Labute approximate surface area is 217 Å². The van der Waals surface area contributed by atoms with Gasteiger partial charge in [-0.1, -0.05) is 75.3 Å². The number of hydrogen-bond donors (Lipinski definition) is 1. The topological polar surface area (TPSA) is 75.7 Å². The van der Waals surface area contributed by atoms with E-state index in [-0.39, 0.29) is 12.0 Å². The maximum Gasteiger partial charge on any atom is 0.305 e. The minimum absolute atomic E-state index is 0.0781. The van der Waals surface area contributed by atoms with Crippen LogP contribution < -0.4 is 9.62 Å². The molecule has 0 aromatic heterocycles. The Morgan fingerprint density at radius 3 is 2.25 bits per heavy atom. The number of rotatable bonds is 14. The number of sulfonamides is 1. The Bertz CT molecular complexity index is 1100. The number of nitrogens with one attached hydrogen (secondary N) is 1. The molecular weight excluding hydrogens is 472 g/mol. The van der Waals surface area contributed by atoms with Gasteiger partial charge < -0.3 is 10.1 Å². The van der Waals surface area contributed by atoms with Crippen LogP contribution in [0, 0.1) is 6.92 Å². The summed E-state index contributed by atoms with van der Waals surface area (Å²) in [5.74, 6) is -0.0781. The van der Waals surface area contributed by atoms with Crippen molar-refractivity contribution in [3.8, 4) is 0 Å². The monoisotopic (exact) mass is 514 g/mol. The second-order valence-electron chi connectivity index (χ2n) is 9.70. The van der Waals surface area contributed by atoms with Gasteiger partial charge in [-0.15, -0.1) is 0 Å². The maximum atomic E-state index is 13.4. The number of fused-ring (bicyclic) bond motifs is 2. The van der Waals surface area contributed by atoms with E-state index in [9.17, 15) is 13.2 Å². The van der Waals surface area contributed by atoms with Gasteiger partial charge in [0.15, 0.2) is 0 Å². The molecule has 1 aliphatic heterocycles. The van der Waals surface area contributed by atoms with Crippen LogP contribution in [0.5, 0.6) is 0 Å². The fourth-order valence-electron chi connectivity index (χ4n) is 4.90. The van der Waals surface area contributed by atoms with Crippen LogP contribution >= 0.6 is 0 Å². The molecule has 2 aromatic carbocycles. The average molecular weight is 515 g/mol. The third kappa shape index (κ3) is 7.32. The molecule has 1 atom stereocenters. The predicted octanol–water partition coefficient (Wildman–Crippen LogP) is 6.28. The Balaban J connectivity index is 1.46. The van der Waals surface area contributed by atoms with Crippen molar-refractivity contribution in [3.63, 3.8) is 0 Å². The summed E-state index contributed by atoms with van der Waals surface area (Å²) in [6, 6.07) is 13.4. The van der Waals surface area contributed by atoms with Crippen molar-refractivity contribution in [1.82, 2.24) is 5.32 Å². The van der Waals surface area contributed by atoms with Crippen molar-refractivity contribution >= 4 is 21.7 Å². The van der Waals surface area contributed by atoms with Crippen LogP contribution in [0.15, 0.2) is 47.4 Å². The molecule has 2 aromatic rings. The number of aryl methyl sites for hydroxylation is 1. The van der Waals surface area contributed by atoms with Crippen molar-refractivity contribution in [2.75, 3.05) is 24.5 Å². The molecule has 0 radical (unpaired) electrons. The van der Waals surface area contributed by atoms with Crippen LogP contribution in [0.2, 0.25) is 0 Å². The molecule has 1 N–H and O–H groups in total. The lowest BCUT2D eigenvalue weighted by Gasteiger charge is -2.22. The molecule has 0 spiro atoms. The van der Waals surface area contributed by atoms with E-state index in [1.165, 1.54) is 36.4 Å². The highest BCUT2D eigenvalue weighted by atomic mass is 32.2. The quantitative estimate of drug-likeness (QED) is 0.237. The summed E-state index contributed by atoms with van der Waals surface area (Å²) in [5, 5.41) is 3.67. The normalized spacial score (nSPS) is 16.2. The molecule has 1 heterocycles. The van der Waals surface area contributed by atoms with E-state index in [4.69, 9.17) is 4.74 Å². The fraction of sp³-hybridized carbons (Fsp3) is 0.552.